The largest absolute Gasteiger partial charge is 0.497 e. The molecule has 1 amide bonds. The summed E-state index contributed by atoms with van der Waals surface area (Å²) in [5.74, 6) is 1.41. The fraction of sp³-hybridized carbons (Fsp3) is 0.450. The van der Waals surface area contributed by atoms with Gasteiger partial charge in [-0.2, -0.15) is 0 Å². The van der Waals surface area contributed by atoms with Crippen molar-refractivity contribution in [2.45, 2.75) is 39.0 Å². The highest BCUT2D eigenvalue weighted by molar-refractivity contribution is 7.16. The summed E-state index contributed by atoms with van der Waals surface area (Å²) >= 11 is 1.72. The lowest BCUT2D eigenvalue weighted by molar-refractivity contribution is -0.936. The summed E-state index contributed by atoms with van der Waals surface area (Å²) in [7, 11) is 3.25. The number of thiophene rings is 1. The number of hydrogen-bond acceptors (Lipinski definition) is 5. The molecule has 6 nitrogen and oxygen atoms in total. The minimum atomic E-state index is -0.320. The number of quaternary nitrogens is 1. The zero-order valence-electron chi connectivity index (χ0n) is 16.1. The Kier molecular flexibility index (Phi) is 4.74. The van der Waals surface area contributed by atoms with Crippen molar-refractivity contribution in [1.82, 2.24) is 5.32 Å². The molecule has 2 aromatic rings. The lowest BCUT2D eigenvalue weighted by Crippen LogP contribution is -3.14. The number of fused-ring (bicyclic) bond motifs is 3. The van der Waals surface area contributed by atoms with Crippen molar-refractivity contribution in [2.24, 2.45) is 0 Å². The molecular formula is C20H26N3O3S+. The van der Waals surface area contributed by atoms with E-state index in [0.29, 0.717) is 11.8 Å². The Balaban J connectivity index is 1.66. The molecule has 0 bridgehead atoms. The number of nitrogens with one attached hydrogen (secondary N) is 3. The summed E-state index contributed by atoms with van der Waals surface area (Å²) in [5.41, 5.74) is 2.95. The van der Waals surface area contributed by atoms with Crippen molar-refractivity contribution in [1.29, 1.82) is 0 Å². The third-order valence-electron chi connectivity index (χ3n) is 5.52. The number of benzene rings is 1. The quantitative estimate of drug-likeness (QED) is 0.749. The average Bonchev–Trinajstić information content (AvgIpc) is 3.05. The van der Waals surface area contributed by atoms with Crippen LogP contribution in [-0.4, -0.2) is 32.7 Å². The first-order valence-electron chi connectivity index (χ1n) is 9.30. The second-order valence-corrected chi connectivity index (χ2v) is 8.46. The van der Waals surface area contributed by atoms with Crippen LogP contribution < -0.4 is 25.0 Å². The predicted octanol–water partition coefficient (Wildman–Crippen LogP) is 1.97. The van der Waals surface area contributed by atoms with Crippen LogP contribution in [0, 0.1) is 0 Å². The van der Waals surface area contributed by atoms with Crippen LogP contribution in [0.1, 0.15) is 46.4 Å². The van der Waals surface area contributed by atoms with E-state index in [9.17, 15) is 4.79 Å². The first kappa shape index (κ1) is 18.1. The summed E-state index contributed by atoms with van der Waals surface area (Å²) in [6, 6.07) is 6.24. The first-order chi connectivity index (χ1) is 13.0. The van der Waals surface area contributed by atoms with Crippen molar-refractivity contribution in [3.8, 4) is 11.5 Å². The fourth-order valence-corrected chi connectivity index (χ4v) is 5.24. The summed E-state index contributed by atoms with van der Waals surface area (Å²) in [5, 5.41) is 7.58. The van der Waals surface area contributed by atoms with E-state index in [2.05, 4.69) is 24.5 Å². The van der Waals surface area contributed by atoms with Gasteiger partial charge in [-0.25, -0.2) is 0 Å². The van der Waals surface area contributed by atoms with Gasteiger partial charge in [0.25, 0.3) is 5.91 Å². The van der Waals surface area contributed by atoms with Gasteiger partial charge in [-0.1, -0.05) is 0 Å². The first-order valence-corrected chi connectivity index (χ1v) is 10.1. The molecule has 3 heterocycles. The van der Waals surface area contributed by atoms with E-state index in [1.165, 1.54) is 10.4 Å². The number of ether oxygens (including phenoxy) is 2. The van der Waals surface area contributed by atoms with Gasteiger partial charge in [0.05, 0.1) is 37.2 Å². The van der Waals surface area contributed by atoms with Gasteiger partial charge in [0, 0.05) is 18.1 Å². The standard InChI is InChI=1S/C20H25N3O3S/c1-11(2)23-8-7-14-16(10-23)27-20-17(14)19(24)21-18(22-20)13-6-5-12(25-3)9-15(13)26-4/h5-6,9,11,18,22H,7-8,10H2,1-4H3,(H,21,24)/p+1/t18-/m0/s1. The summed E-state index contributed by atoms with van der Waals surface area (Å²) in [6.07, 6.45) is 0.639. The maximum absolute atomic E-state index is 12.9. The Morgan fingerprint density at radius 2 is 2.04 bits per heavy atom. The minimum absolute atomic E-state index is 0.00267. The van der Waals surface area contributed by atoms with Gasteiger partial charge in [-0.15, -0.1) is 11.3 Å². The maximum atomic E-state index is 12.9. The van der Waals surface area contributed by atoms with Gasteiger partial charge in [0.2, 0.25) is 0 Å². The number of anilines is 1. The summed E-state index contributed by atoms with van der Waals surface area (Å²) in [4.78, 5) is 15.8. The van der Waals surface area contributed by atoms with Crippen LogP contribution in [0.25, 0.3) is 0 Å². The molecule has 0 fully saturated rings. The van der Waals surface area contributed by atoms with E-state index in [4.69, 9.17) is 9.47 Å². The van der Waals surface area contributed by atoms with Crippen molar-refractivity contribution < 1.29 is 19.2 Å². The molecule has 0 saturated carbocycles. The number of rotatable bonds is 4. The number of carbonyl (C=O) groups is 1. The van der Waals surface area contributed by atoms with Gasteiger partial charge in [-0.05, 0) is 31.5 Å². The molecule has 0 radical (unpaired) electrons. The number of hydrogen-bond donors (Lipinski definition) is 3. The molecule has 1 aromatic carbocycles. The number of amides is 1. The Bertz CT molecular complexity index is 878. The van der Waals surface area contributed by atoms with Crippen LogP contribution in [0.3, 0.4) is 0 Å². The molecule has 144 valence electrons. The Labute approximate surface area is 163 Å². The second-order valence-electron chi connectivity index (χ2n) is 7.36. The SMILES string of the molecule is COc1ccc([C@H]2NC(=O)c3c(sc4c3CC[NH+](C(C)C)C4)N2)c(OC)c1. The van der Waals surface area contributed by atoms with Gasteiger partial charge in [-0.3, -0.25) is 4.79 Å². The summed E-state index contributed by atoms with van der Waals surface area (Å²) < 4.78 is 10.8. The minimum Gasteiger partial charge on any atom is -0.497 e. The molecule has 2 atom stereocenters. The number of carbonyl (C=O) groups excluding carboxylic acids is 1. The second kappa shape index (κ2) is 7.05. The maximum Gasteiger partial charge on any atom is 0.256 e. The molecule has 27 heavy (non-hydrogen) atoms. The zero-order valence-corrected chi connectivity index (χ0v) is 17.0. The van der Waals surface area contributed by atoms with Gasteiger partial charge < -0.3 is 25.0 Å². The molecule has 4 rings (SSSR count). The van der Waals surface area contributed by atoms with Crippen LogP contribution in [0.4, 0.5) is 5.00 Å². The van der Waals surface area contributed by atoms with Crippen molar-refractivity contribution in [2.75, 3.05) is 26.1 Å². The molecule has 3 N–H and O–H groups in total. The van der Waals surface area contributed by atoms with Crippen molar-refractivity contribution in [3.63, 3.8) is 0 Å². The molecule has 2 aliphatic rings. The third-order valence-corrected chi connectivity index (χ3v) is 6.68. The van der Waals surface area contributed by atoms with Crippen LogP contribution in [0.2, 0.25) is 0 Å². The summed E-state index contributed by atoms with van der Waals surface area (Å²) in [6.45, 7) is 6.59. The van der Waals surface area contributed by atoms with Crippen molar-refractivity contribution >= 4 is 22.2 Å². The molecular weight excluding hydrogens is 362 g/mol. The molecule has 0 spiro atoms. The van der Waals surface area contributed by atoms with Gasteiger partial charge >= 0.3 is 0 Å². The Morgan fingerprint density at radius 1 is 1.22 bits per heavy atom. The molecule has 2 aliphatic heterocycles. The Morgan fingerprint density at radius 3 is 2.74 bits per heavy atom. The number of methoxy groups -OCH3 is 2. The monoisotopic (exact) mass is 388 g/mol. The third kappa shape index (κ3) is 3.15. The van der Waals surface area contributed by atoms with E-state index in [0.717, 1.165) is 41.4 Å². The van der Waals surface area contributed by atoms with E-state index < -0.39 is 0 Å². The Hall–Kier alpha value is -2.25. The van der Waals surface area contributed by atoms with Crippen LogP contribution in [0.5, 0.6) is 11.5 Å². The lowest BCUT2D eigenvalue weighted by atomic mass is 9.99. The molecule has 0 saturated heterocycles. The molecule has 0 aliphatic carbocycles. The van der Waals surface area contributed by atoms with E-state index in [-0.39, 0.29) is 12.1 Å². The van der Waals surface area contributed by atoms with E-state index in [1.807, 2.05) is 18.2 Å². The average molecular weight is 389 g/mol. The highest BCUT2D eigenvalue weighted by Gasteiger charge is 2.35. The highest BCUT2D eigenvalue weighted by Crippen LogP contribution is 2.40. The molecule has 1 aromatic heterocycles. The normalized spacial score (nSPS) is 21.1. The molecule has 7 heteroatoms. The smallest absolute Gasteiger partial charge is 0.256 e. The van der Waals surface area contributed by atoms with E-state index >= 15 is 0 Å². The van der Waals surface area contributed by atoms with Crippen molar-refractivity contribution in [3.05, 3.63) is 39.8 Å². The predicted molar refractivity (Wildman–Crippen MR) is 106 cm³/mol. The highest BCUT2D eigenvalue weighted by atomic mass is 32.1. The van der Waals surface area contributed by atoms with Crippen LogP contribution in [-0.2, 0) is 13.0 Å². The topological polar surface area (TPSA) is 64.0 Å². The van der Waals surface area contributed by atoms with Crippen LogP contribution >= 0.6 is 11.3 Å². The van der Waals surface area contributed by atoms with Crippen LogP contribution in [0.15, 0.2) is 18.2 Å². The molecule has 1 unspecified atom stereocenters. The lowest BCUT2D eigenvalue weighted by Gasteiger charge is -2.29. The zero-order chi connectivity index (χ0) is 19.1. The van der Waals surface area contributed by atoms with Gasteiger partial charge in [0.1, 0.15) is 29.2 Å². The van der Waals surface area contributed by atoms with Gasteiger partial charge in [0.15, 0.2) is 0 Å². The van der Waals surface area contributed by atoms with E-state index in [1.54, 1.807) is 30.5 Å². The fourth-order valence-electron chi connectivity index (χ4n) is 3.92.